The summed E-state index contributed by atoms with van der Waals surface area (Å²) >= 11 is 0. The summed E-state index contributed by atoms with van der Waals surface area (Å²) in [6.07, 6.45) is -13.4. The highest BCUT2D eigenvalue weighted by Crippen LogP contribution is 2.50. The Bertz CT molecular complexity index is 327. The predicted octanol–water partition coefficient (Wildman–Crippen LogP) is 5.28. The second-order valence-electron chi connectivity index (χ2n) is 4.04. The third-order valence-electron chi connectivity index (χ3n) is 2.55. The number of hydrogen-bond acceptors (Lipinski definition) is 0. The van der Waals surface area contributed by atoms with Crippen LogP contribution in [0.4, 0.5) is 48.3 Å². The predicted molar refractivity (Wildman–Crippen MR) is 45.4 cm³/mol. The Morgan fingerprint density at radius 3 is 1.20 bits per heavy atom. The molecule has 0 atom stereocenters. The average Bonchev–Trinajstić information content (AvgIpc) is 2.24. The summed E-state index contributed by atoms with van der Waals surface area (Å²) in [6.45, 7) is 0.580. The highest BCUT2D eigenvalue weighted by Gasteiger charge is 2.73. The molecule has 0 aliphatic rings. The lowest BCUT2D eigenvalue weighted by Crippen LogP contribution is -2.53. The van der Waals surface area contributed by atoms with Crippen molar-refractivity contribution in [1.82, 2.24) is 0 Å². The Morgan fingerprint density at radius 1 is 0.550 bits per heavy atom. The lowest BCUT2D eigenvalue weighted by Gasteiger charge is -2.31. The van der Waals surface area contributed by atoms with E-state index in [-0.39, 0.29) is 0 Å². The van der Waals surface area contributed by atoms with Gasteiger partial charge in [-0.15, -0.1) is 0 Å². The normalized spacial score (nSPS) is 15.6. The average molecular weight is 326 g/mol. The fraction of sp³-hybridized carbons (Fsp3) is 1.00. The van der Waals surface area contributed by atoms with Gasteiger partial charge in [-0.05, 0) is 0 Å². The Morgan fingerprint density at radius 2 is 0.900 bits per heavy atom. The molecular weight excluding hydrogens is 317 g/mol. The Hall–Kier alpha value is -0.770. The standard InChI is InChI=1S/C9H9F11/c1-2-5(10,11)6(12,13)3-4-7(14,15)8(16,17)9(18,19)20/h2-4H2,1H3. The maximum absolute atomic E-state index is 12.8. The molecule has 0 aliphatic heterocycles. The fourth-order valence-corrected chi connectivity index (χ4v) is 1.12. The van der Waals surface area contributed by atoms with Crippen LogP contribution in [0.15, 0.2) is 0 Å². The number of rotatable bonds is 6. The second kappa shape index (κ2) is 5.21. The highest BCUT2D eigenvalue weighted by atomic mass is 19.4. The first-order chi connectivity index (χ1) is 8.52. The molecule has 0 aromatic carbocycles. The zero-order chi connectivity index (χ0) is 16.6. The van der Waals surface area contributed by atoms with Crippen LogP contribution >= 0.6 is 0 Å². The summed E-state index contributed by atoms with van der Waals surface area (Å²) < 4.78 is 136. The highest BCUT2D eigenvalue weighted by molar-refractivity contribution is 4.94. The van der Waals surface area contributed by atoms with Crippen molar-refractivity contribution in [2.24, 2.45) is 0 Å². The molecule has 11 heteroatoms. The van der Waals surface area contributed by atoms with E-state index in [0.717, 1.165) is 0 Å². The minimum atomic E-state index is -6.68. The molecule has 0 aromatic rings. The van der Waals surface area contributed by atoms with Gasteiger partial charge in [-0.2, -0.15) is 48.3 Å². The molecule has 0 aliphatic carbocycles. The molecule has 0 rings (SSSR count). The molecule has 0 saturated heterocycles. The van der Waals surface area contributed by atoms with Crippen molar-refractivity contribution in [3.8, 4) is 0 Å². The van der Waals surface area contributed by atoms with Crippen molar-refractivity contribution in [1.29, 1.82) is 0 Å². The molecule has 0 spiro atoms. The molecule has 0 heterocycles. The lowest BCUT2D eigenvalue weighted by atomic mass is 9.98. The molecule has 0 amide bonds. The van der Waals surface area contributed by atoms with Crippen molar-refractivity contribution in [3.63, 3.8) is 0 Å². The van der Waals surface area contributed by atoms with Crippen LogP contribution in [0.25, 0.3) is 0 Å². The van der Waals surface area contributed by atoms with Gasteiger partial charge in [-0.3, -0.25) is 0 Å². The molecule has 20 heavy (non-hydrogen) atoms. The van der Waals surface area contributed by atoms with Gasteiger partial charge >= 0.3 is 29.9 Å². The van der Waals surface area contributed by atoms with E-state index in [2.05, 4.69) is 0 Å². The van der Waals surface area contributed by atoms with E-state index in [1.807, 2.05) is 0 Å². The van der Waals surface area contributed by atoms with E-state index in [9.17, 15) is 48.3 Å². The fourth-order valence-electron chi connectivity index (χ4n) is 1.12. The third kappa shape index (κ3) is 3.46. The monoisotopic (exact) mass is 326 g/mol. The van der Waals surface area contributed by atoms with Crippen molar-refractivity contribution < 1.29 is 48.3 Å². The van der Waals surface area contributed by atoms with Crippen LogP contribution in [0.3, 0.4) is 0 Å². The molecule has 0 unspecified atom stereocenters. The number of hydrogen-bond donors (Lipinski definition) is 0. The summed E-state index contributed by atoms with van der Waals surface area (Å²) in [7, 11) is 0. The number of halogens is 11. The van der Waals surface area contributed by atoms with Crippen LogP contribution in [0.1, 0.15) is 26.2 Å². The van der Waals surface area contributed by atoms with Gasteiger partial charge in [0.25, 0.3) is 0 Å². The molecule has 0 saturated carbocycles. The van der Waals surface area contributed by atoms with Crippen LogP contribution in [-0.4, -0.2) is 29.9 Å². The SMILES string of the molecule is CCC(F)(F)C(F)(F)CCC(F)(F)C(F)(F)C(F)(F)F. The zero-order valence-electron chi connectivity index (χ0n) is 9.78. The third-order valence-corrected chi connectivity index (χ3v) is 2.55. The minimum absolute atomic E-state index is 0.580. The maximum atomic E-state index is 12.8. The summed E-state index contributed by atoms with van der Waals surface area (Å²) in [4.78, 5) is 0. The number of alkyl halides is 11. The van der Waals surface area contributed by atoms with Gasteiger partial charge in [0.2, 0.25) is 0 Å². The molecule has 122 valence electrons. The first kappa shape index (κ1) is 19.2. The topological polar surface area (TPSA) is 0 Å². The van der Waals surface area contributed by atoms with E-state index in [1.54, 1.807) is 0 Å². The zero-order valence-corrected chi connectivity index (χ0v) is 9.78. The van der Waals surface area contributed by atoms with Gasteiger partial charge in [0, 0.05) is 19.3 Å². The van der Waals surface area contributed by atoms with E-state index in [4.69, 9.17) is 0 Å². The first-order valence-electron chi connectivity index (χ1n) is 5.10. The van der Waals surface area contributed by atoms with Crippen molar-refractivity contribution >= 4 is 0 Å². The van der Waals surface area contributed by atoms with E-state index in [0.29, 0.717) is 6.92 Å². The quantitative estimate of drug-likeness (QED) is 0.583. The Balaban J connectivity index is 5.07. The molecule has 0 N–H and O–H groups in total. The molecular formula is C9H9F11. The van der Waals surface area contributed by atoms with E-state index >= 15 is 0 Å². The van der Waals surface area contributed by atoms with Gasteiger partial charge in [-0.25, -0.2) is 0 Å². The minimum Gasteiger partial charge on any atom is -0.200 e. The second-order valence-corrected chi connectivity index (χ2v) is 4.04. The van der Waals surface area contributed by atoms with Crippen LogP contribution < -0.4 is 0 Å². The summed E-state index contributed by atoms with van der Waals surface area (Å²) in [5, 5.41) is 0. The van der Waals surface area contributed by atoms with Gasteiger partial charge in [0.05, 0.1) is 0 Å². The molecule has 0 nitrogen and oxygen atoms in total. The summed E-state index contributed by atoms with van der Waals surface area (Å²) in [5.41, 5.74) is 0. The summed E-state index contributed by atoms with van der Waals surface area (Å²) in [5.74, 6) is -22.4. The van der Waals surface area contributed by atoms with Crippen molar-refractivity contribution in [2.75, 3.05) is 0 Å². The molecule has 0 aromatic heterocycles. The smallest absolute Gasteiger partial charge is 0.200 e. The van der Waals surface area contributed by atoms with Gasteiger partial charge in [0.1, 0.15) is 0 Å². The van der Waals surface area contributed by atoms with E-state index in [1.165, 1.54) is 0 Å². The molecule has 0 radical (unpaired) electrons. The molecule has 0 fully saturated rings. The Labute approximate surface area is 105 Å². The van der Waals surface area contributed by atoms with Crippen LogP contribution in [-0.2, 0) is 0 Å². The lowest BCUT2D eigenvalue weighted by molar-refractivity contribution is -0.358. The van der Waals surface area contributed by atoms with Crippen LogP contribution in [0.5, 0.6) is 0 Å². The van der Waals surface area contributed by atoms with Gasteiger partial charge in [0.15, 0.2) is 0 Å². The van der Waals surface area contributed by atoms with Gasteiger partial charge in [-0.1, -0.05) is 6.92 Å². The van der Waals surface area contributed by atoms with E-state index < -0.39 is 49.1 Å². The van der Waals surface area contributed by atoms with Crippen molar-refractivity contribution in [3.05, 3.63) is 0 Å². The van der Waals surface area contributed by atoms with Crippen LogP contribution in [0.2, 0.25) is 0 Å². The van der Waals surface area contributed by atoms with Gasteiger partial charge < -0.3 is 0 Å². The van der Waals surface area contributed by atoms with Crippen molar-refractivity contribution in [2.45, 2.75) is 56.1 Å². The Kier molecular flexibility index (Phi) is 5.01. The largest absolute Gasteiger partial charge is 0.459 e. The maximum Gasteiger partial charge on any atom is 0.459 e. The summed E-state index contributed by atoms with van der Waals surface area (Å²) in [6, 6.07) is 0. The van der Waals surface area contributed by atoms with Crippen LogP contribution in [0, 0.1) is 0 Å². The first-order valence-corrected chi connectivity index (χ1v) is 5.10. The molecule has 0 bridgehead atoms.